The molecule has 4 nitrogen and oxygen atoms in total. The minimum Gasteiger partial charge on any atom is -0.489 e. The number of carbonyl (C=O) groups is 1. The molecule has 0 aromatic heterocycles. The number of nitrogens with zero attached hydrogens (tertiary/aromatic N) is 1. The molecule has 1 N–H and O–H groups in total. The van der Waals surface area contributed by atoms with Crippen LogP contribution < -0.4 is 10.1 Å². The van der Waals surface area contributed by atoms with Crippen LogP contribution in [0.3, 0.4) is 0 Å². The van der Waals surface area contributed by atoms with Crippen LogP contribution >= 0.6 is 24.0 Å². The van der Waals surface area contributed by atoms with Crippen molar-refractivity contribution in [1.29, 1.82) is 5.26 Å². The van der Waals surface area contributed by atoms with Crippen LogP contribution in [-0.4, -0.2) is 10.2 Å². The summed E-state index contributed by atoms with van der Waals surface area (Å²) in [4.78, 5) is 12.2. The van der Waals surface area contributed by atoms with E-state index >= 15 is 0 Å². The average Bonchev–Trinajstić information content (AvgIpc) is 2.92. The third-order valence-corrected chi connectivity index (χ3v) is 4.47. The molecule has 2 aromatic carbocycles. The minimum atomic E-state index is -0.161. The standard InChI is InChI=1S/C18H12N2O2S2/c19-10-13-1-3-14(4-2-13)11-22-15-7-5-12(6-8-15)9-16-17(21)20-18(23)24-16/h1-9H,11H2,(H,20,21,23)/b16-9+. The third kappa shape index (κ3) is 4.02. The average molecular weight is 352 g/mol. The second kappa shape index (κ2) is 7.30. The highest BCUT2D eigenvalue weighted by Gasteiger charge is 2.21. The van der Waals surface area contributed by atoms with Gasteiger partial charge in [0.25, 0.3) is 5.91 Å². The molecule has 0 aliphatic carbocycles. The zero-order valence-corrected chi connectivity index (χ0v) is 14.1. The largest absolute Gasteiger partial charge is 0.489 e. The zero-order valence-electron chi connectivity index (χ0n) is 12.5. The van der Waals surface area contributed by atoms with Crippen molar-refractivity contribution in [3.63, 3.8) is 0 Å². The van der Waals surface area contributed by atoms with Crippen LogP contribution in [0.4, 0.5) is 0 Å². The molecule has 0 saturated carbocycles. The molecule has 1 heterocycles. The Morgan fingerprint density at radius 3 is 2.46 bits per heavy atom. The number of hydrogen-bond donors (Lipinski definition) is 1. The van der Waals surface area contributed by atoms with Crippen molar-refractivity contribution in [2.45, 2.75) is 6.61 Å². The van der Waals surface area contributed by atoms with Crippen LogP contribution in [0.15, 0.2) is 53.4 Å². The monoisotopic (exact) mass is 352 g/mol. The number of rotatable bonds is 4. The highest BCUT2D eigenvalue weighted by atomic mass is 32.2. The molecule has 0 radical (unpaired) electrons. The Labute approximate surface area is 149 Å². The van der Waals surface area contributed by atoms with Crippen LogP contribution in [-0.2, 0) is 11.4 Å². The van der Waals surface area contributed by atoms with E-state index in [9.17, 15) is 4.79 Å². The second-order valence-corrected chi connectivity index (χ2v) is 6.74. The SMILES string of the molecule is N#Cc1ccc(COc2ccc(/C=C3/SC(=S)NC3=O)cc2)cc1. The van der Waals surface area contributed by atoms with E-state index in [4.69, 9.17) is 22.2 Å². The van der Waals surface area contributed by atoms with E-state index in [1.165, 1.54) is 11.8 Å². The van der Waals surface area contributed by atoms with Crippen molar-refractivity contribution < 1.29 is 9.53 Å². The first kappa shape index (κ1) is 16.2. The highest BCUT2D eigenvalue weighted by Crippen LogP contribution is 2.26. The Morgan fingerprint density at radius 1 is 1.17 bits per heavy atom. The molecule has 2 aromatic rings. The molecule has 6 heteroatoms. The molecular weight excluding hydrogens is 340 g/mol. The molecule has 1 fully saturated rings. The Balaban J connectivity index is 1.62. The molecular formula is C18H12N2O2S2. The number of thioether (sulfide) groups is 1. The third-order valence-electron chi connectivity index (χ3n) is 3.31. The fourth-order valence-electron chi connectivity index (χ4n) is 2.07. The summed E-state index contributed by atoms with van der Waals surface area (Å²) >= 11 is 6.22. The lowest BCUT2D eigenvalue weighted by atomic mass is 10.1. The summed E-state index contributed by atoms with van der Waals surface area (Å²) in [6.45, 7) is 0.429. The lowest BCUT2D eigenvalue weighted by molar-refractivity contribution is -0.115. The molecule has 0 unspecified atom stereocenters. The number of nitrogens with one attached hydrogen (secondary N) is 1. The fourth-order valence-corrected chi connectivity index (χ4v) is 3.12. The number of ether oxygens (including phenoxy) is 1. The number of carbonyl (C=O) groups excluding carboxylic acids is 1. The maximum absolute atomic E-state index is 11.6. The molecule has 0 bridgehead atoms. The van der Waals surface area contributed by atoms with Crippen LogP contribution in [0.25, 0.3) is 6.08 Å². The van der Waals surface area contributed by atoms with Crippen LogP contribution in [0.5, 0.6) is 5.75 Å². The van der Waals surface area contributed by atoms with Gasteiger partial charge in [0.05, 0.1) is 16.5 Å². The van der Waals surface area contributed by atoms with Gasteiger partial charge in [-0.15, -0.1) is 0 Å². The van der Waals surface area contributed by atoms with Crippen molar-refractivity contribution in [1.82, 2.24) is 5.32 Å². The quantitative estimate of drug-likeness (QED) is 0.672. The van der Waals surface area contributed by atoms with Crippen LogP contribution in [0, 0.1) is 11.3 Å². The number of thiocarbonyl (C=S) groups is 1. The summed E-state index contributed by atoms with van der Waals surface area (Å²) in [6, 6.07) is 16.8. The first-order valence-corrected chi connectivity index (χ1v) is 8.33. The van der Waals surface area contributed by atoms with Gasteiger partial charge in [0, 0.05) is 0 Å². The molecule has 118 valence electrons. The maximum Gasteiger partial charge on any atom is 0.263 e. The number of amides is 1. The highest BCUT2D eigenvalue weighted by molar-refractivity contribution is 8.26. The zero-order chi connectivity index (χ0) is 16.9. The van der Waals surface area contributed by atoms with Gasteiger partial charge in [-0.3, -0.25) is 4.79 Å². The van der Waals surface area contributed by atoms with E-state index in [1.807, 2.05) is 36.4 Å². The second-order valence-electron chi connectivity index (χ2n) is 5.02. The first-order valence-electron chi connectivity index (χ1n) is 7.11. The van der Waals surface area contributed by atoms with Gasteiger partial charge in [-0.2, -0.15) is 5.26 Å². The van der Waals surface area contributed by atoms with Gasteiger partial charge in [-0.05, 0) is 41.5 Å². The molecule has 1 aliphatic rings. The normalized spacial score (nSPS) is 15.2. The molecule has 24 heavy (non-hydrogen) atoms. The summed E-state index contributed by atoms with van der Waals surface area (Å²) in [5.41, 5.74) is 2.53. The van der Waals surface area contributed by atoms with Crippen molar-refractivity contribution in [3.05, 3.63) is 70.1 Å². The molecule has 0 atom stereocenters. The van der Waals surface area contributed by atoms with Crippen LogP contribution in [0.1, 0.15) is 16.7 Å². The van der Waals surface area contributed by atoms with Gasteiger partial charge in [0.1, 0.15) is 16.7 Å². The van der Waals surface area contributed by atoms with Crippen LogP contribution in [0.2, 0.25) is 0 Å². The summed E-state index contributed by atoms with van der Waals surface area (Å²) in [5.74, 6) is 0.576. The van der Waals surface area contributed by atoms with E-state index in [1.54, 1.807) is 18.2 Å². The van der Waals surface area contributed by atoms with E-state index in [2.05, 4.69) is 11.4 Å². The molecule has 0 spiro atoms. The summed E-state index contributed by atoms with van der Waals surface area (Å²) in [5, 5.41) is 11.4. The first-order chi connectivity index (χ1) is 11.6. The number of benzene rings is 2. The Bertz CT molecular complexity index is 850. The Morgan fingerprint density at radius 2 is 1.88 bits per heavy atom. The van der Waals surface area contributed by atoms with Crippen molar-refractivity contribution in [3.8, 4) is 11.8 Å². The van der Waals surface area contributed by atoms with E-state index in [-0.39, 0.29) is 5.91 Å². The van der Waals surface area contributed by atoms with E-state index < -0.39 is 0 Å². The van der Waals surface area contributed by atoms with Gasteiger partial charge >= 0.3 is 0 Å². The number of hydrogen-bond acceptors (Lipinski definition) is 5. The smallest absolute Gasteiger partial charge is 0.263 e. The fraction of sp³-hybridized carbons (Fsp3) is 0.0556. The maximum atomic E-state index is 11.6. The van der Waals surface area contributed by atoms with Gasteiger partial charge in [-0.25, -0.2) is 0 Å². The van der Waals surface area contributed by atoms with Crippen molar-refractivity contribution >= 4 is 40.3 Å². The van der Waals surface area contributed by atoms with Gasteiger partial charge in [-0.1, -0.05) is 48.2 Å². The van der Waals surface area contributed by atoms with Gasteiger partial charge in [0.2, 0.25) is 0 Å². The lowest BCUT2D eigenvalue weighted by Gasteiger charge is -2.06. The summed E-state index contributed by atoms with van der Waals surface area (Å²) in [7, 11) is 0. The predicted octanol–water partition coefficient (Wildman–Crippen LogP) is 3.63. The topological polar surface area (TPSA) is 62.1 Å². The van der Waals surface area contributed by atoms with E-state index in [0.29, 0.717) is 21.4 Å². The van der Waals surface area contributed by atoms with Gasteiger partial charge < -0.3 is 10.1 Å². The molecule has 3 rings (SSSR count). The van der Waals surface area contributed by atoms with Crippen molar-refractivity contribution in [2.24, 2.45) is 0 Å². The minimum absolute atomic E-state index is 0.161. The summed E-state index contributed by atoms with van der Waals surface area (Å²) in [6.07, 6.45) is 1.80. The summed E-state index contributed by atoms with van der Waals surface area (Å²) < 4.78 is 6.20. The van der Waals surface area contributed by atoms with Gasteiger partial charge in [0.15, 0.2) is 0 Å². The molecule has 1 amide bonds. The number of nitriles is 1. The molecule has 1 aliphatic heterocycles. The Hall–Kier alpha value is -2.62. The lowest BCUT2D eigenvalue weighted by Crippen LogP contribution is -2.17. The predicted molar refractivity (Wildman–Crippen MR) is 98.2 cm³/mol. The molecule has 1 saturated heterocycles. The van der Waals surface area contributed by atoms with Crippen molar-refractivity contribution in [2.75, 3.05) is 0 Å². The Kier molecular flexibility index (Phi) is 4.94. The van der Waals surface area contributed by atoms with E-state index in [0.717, 1.165) is 16.9 Å².